The number of hydrogen-bond acceptors (Lipinski definition) is 3. The number of rotatable bonds is 5. The van der Waals surface area contributed by atoms with E-state index in [0.717, 1.165) is 5.69 Å². The van der Waals surface area contributed by atoms with Gasteiger partial charge in [0.2, 0.25) is 0 Å². The maximum Gasteiger partial charge on any atom is 0.251 e. The molecule has 1 amide bonds. The zero-order valence-corrected chi connectivity index (χ0v) is 11.7. The van der Waals surface area contributed by atoms with Gasteiger partial charge in [-0.1, -0.05) is 13.8 Å². The van der Waals surface area contributed by atoms with Crippen LogP contribution in [0.15, 0.2) is 42.7 Å². The molecule has 0 saturated carbocycles. The number of aromatic nitrogens is 2. The molecule has 2 aromatic rings. The molecular weight excluding hydrogens is 254 g/mol. The van der Waals surface area contributed by atoms with Gasteiger partial charge in [-0.15, -0.1) is 0 Å². The van der Waals surface area contributed by atoms with Crippen molar-refractivity contribution in [2.24, 2.45) is 5.92 Å². The lowest BCUT2D eigenvalue weighted by atomic mass is 10.0. The summed E-state index contributed by atoms with van der Waals surface area (Å²) in [7, 11) is 0. The number of aliphatic hydroxyl groups is 1. The molecule has 0 bridgehead atoms. The third-order valence-electron chi connectivity index (χ3n) is 3.22. The molecule has 1 aromatic heterocycles. The Kier molecular flexibility index (Phi) is 4.53. The average Bonchev–Trinajstić information content (AvgIpc) is 2.98. The second-order valence-electron chi connectivity index (χ2n) is 5.00. The predicted molar refractivity (Wildman–Crippen MR) is 76.7 cm³/mol. The number of nitrogens with one attached hydrogen (secondary N) is 1. The molecule has 0 radical (unpaired) electrons. The Morgan fingerprint density at radius 1 is 1.35 bits per heavy atom. The molecule has 0 saturated heterocycles. The Morgan fingerprint density at radius 3 is 2.55 bits per heavy atom. The van der Waals surface area contributed by atoms with E-state index in [9.17, 15) is 9.90 Å². The smallest absolute Gasteiger partial charge is 0.251 e. The summed E-state index contributed by atoms with van der Waals surface area (Å²) in [5.41, 5.74) is 1.47. The number of amides is 1. The van der Waals surface area contributed by atoms with Gasteiger partial charge in [-0.3, -0.25) is 4.79 Å². The number of carbonyl (C=O) groups is 1. The second kappa shape index (κ2) is 6.34. The Morgan fingerprint density at radius 2 is 2.05 bits per heavy atom. The summed E-state index contributed by atoms with van der Waals surface area (Å²) in [5.74, 6) is 0.0112. The highest BCUT2D eigenvalue weighted by molar-refractivity contribution is 5.94. The van der Waals surface area contributed by atoms with Crippen LogP contribution in [0, 0.1) is 5.92 Å². The quantitative estimate of drug-likeness (QED) is 0.870. The largest absolute Gasteiger partial charge is 0.394 e. The van der Waals surface area contributed by atoms with E-state index in [-0.39, 0.29) is 24.5 Å². The van der Waals surface area contributed by atoms with E-state index in [2.05, 4.69) is 10.4 Å². The van der Waals surface area contributed by atoms with E-state index in [0.29, 0.717) is 5.56 Å². The van der Waals surface area contributed by atoms with Crippen molar-refractivity contribution in [1.82, 2.24) is 15.1 Å². The highest BCUT2D eigenvalue weighted by atomic mass is 16.3. The summed E-state index contributed by atoms with van der Waals surface area (Å²) in [4.78, 5) is 12.1. The maximum atomic E-state index is 12.1. The predicted octanol–water partition coefficient (Wildman–Crippen LogP) is 1.62. The van der Waals surface area contributed by atoms with Gasteiger partial charge in [0.25, 0.3) is 5.91 Å². The van der Waals surface area contributed by atoms with Crippen LogP contribution in [0.4, 0.5) is 0 Å². The van der Waals surface area contributed by atoms with Crippen molar-refractivity contribution < 1.29 is 9.90 Å². The zero-order chi connectivity index (χ0) is 14.5. The topological polar surface area (TPSA) is 67.2 Å². The fourth-order valence-electron chi connectivity index (χ4n) is 1.86. The Labute approximate surface area is 118 Å². The molecule has 0 unspecified atom stereocenters. The van der Waals surface area contributed by atoms with E-state index in [1.807, 2.05) is 38.2 Å². The molecular formula is C15H19N3O2. The van der Waals surface area contributed by atoms with Gasteiger partial charge in [-0.25, -0.2) is 4.68 Å². The fourth-order valence-corrected chi connectivity index (χ4v) is 1.86. The molecule has 0 aliphatic carbocycles. The lowest BCUT2D eigenvalue weighted by molar-refractivity contribution is 0.0897. The lowest BCUT2D eigenvalue weighted by Crippen LogP contribution is -2.41. The number of nitrogens with zero attached hydrogens (tertiary/aromatic N) is 2. The standard InChI is InChI=1S/C15H19N3O2/c1-11(2)14(10-19)17-15(20)12-4-6-13(7-5-12)18-9-3-8-16-18/h3-9,11,14,19H,10H2,1-2H3,(H,17,20)/t14-/m1/s1. The van der Waals surface area contributed by atoms with Gasteiger partial charge in [0.15, 0.2) is 0 Å². The molecule has 2 rings (SSSR count). The summed E-state index contributed by atoms with van der Waals surface area (Å²) >= 11 is 0. The summed E-state index contributed by atoms with van der Waals surface area (Å²) in [6.07, 6.45) is 3.55. The van der Waals surface area contributed by atoms with Gasteiger partial charge in [-0.05, 0) is 36.2 Å². The van der Waals surface area contributed by atoms with Crippen LogP contribution in [0.2, 0.25) is 0 Å². The van der Waals surface area contributed by atoms with Gasteiger partial charge >= 0.3 is 0 Å². The van der Waals surface area contributed by atoms with Crippen LogP contribution in [-0.4, -0.2) is 33.4 Å². The van der Waals surface area contributed by atoms with Gasteiger partial charge in [0.1, 0.15) is 0 Å². The third-order valence-corrected chi connectivity index (χ3v) is 3.22. The fraction of sp³-hybridized carbons (Fsp3) is 0.333. The van der Waals surface area contributed by atoms with Crippen molar-refractivity contribution in [3.8, 4) is 5.69 Å². The third kappa shape index (κ3) is 3.24. The molecule has 0 spiro atoms. The van der Waals surface area contributed by atoms with Crippen molar-refractivity contribution in [2.75, 3.05) is 6.61 Å². The molecule has 5 nitrogen and oxygen atoms in total. The van der Waals surface area contributed by atoms with Crippen LogP contribution in [0.3, 0.4) is 0 Å². The number of benzene rings is 1. The normalized spacial score (nSPS) is 12.4. The first-order chi connectivity index (χ1) is 9.61. The molecule has 0 aliphatic heterocycles. The van der Waals surface area contributed by atoms with E-state index < -0.39 is 0 Å². The van der Waals surface area contributed by atoms with Gasteiger partial charge in [0, 0.05) is 18.0 Å². The molecule has 0 aliphatic rings. The Hall–Kier alpha value is -2.14. The van der Waals surface area contributed by atoms with Crippen molar-refractivity contribution >= 4 is 5.91 Å². The van der Waals surface area contributed by atoms with Crippen LogP contribution < -0.4 is 5.32 Å². The Balaban J connectivity index is 2.08. The first-order valence-electron chi connectivity index (χ1n) is 6.63. The first-order valence-corrected chi connectivity index (χ1v) is 6.63. The van der Waals surface area contributed by atoms with Crippen LogP contribution in [0.1, 0.15) is 24.2 Å². The Bertz CT molecular complexity index is 547. The van der Waals surface area contributed by atoms with E-state index in [4.69, 9.17) is 0 Å². The summed E-state index contributed by atoms with van der Waals surface area (Å²) in [6, 6.07) is 8.79. The molecule has 1 aromatic carbocycles. The molecule has 1 atom stereocenters. The van der Waals surface area contributed by atoms with Gasteiger partial charge in [0.05, 0.1) is 18.3 Å². The minimum Gasteiger partial charge on any atom is -0.394 e. The van der Waals surface area contributed by atoms with Gasteiger partial charge in [-0.2, -0.15) is 5.10 Å². The SMILES string of the molecule is CC(C)[C@@H](CO)NC(=O)c1ccc(-n2cccn2)cc1. The van der Waals surface area contributed by atoms with Crippen LogP contribution in [0.25, 0.3) is 5.69 Å². The van der Waals surface area contributed by atoms with Crippen molar-refractivity contribution in [2.45, 2.75) is 19.9 Å². The van der Waals surface area contributed by atoms with Crippen molar-refractivity contribution in [1.29, 1.82) is 0 Å². The molecule has 20 heavy (non-hydrogen) atoms. The maximum absolute atomic E-state index is 12.1. The summed E-state index contributed by atoms with van der Waals surface area (Å²) in [5, 5.41) is 16.2. The van der Waals surface area contributed by atoms with Gasteiger partial charge < -0.3 is 10.4 Å². The minimum absolute atomic E-state index is 0.0607. The highest BCUT2D eigenvalue weighted by Gasteiger charge is 2.16. The molecule has 106 valence electrons. The van der Waals surface area contributed by atoms with Crippen molar-refractivity contribution in [3.63, 3.8) is 0 Å². The van der Waals surface area contributed by atoms with Crippen LogP contribution >= 0.6 is 0 Å². The van der Waals surface area contributed by atoms with Crippen LogP contribution in [-0.2, 0) is 0 Å². The number of aliphatic hydroxyl groups excluding tert-OH is 1. The van der Waals surface area contributed by atoms with Crippen molar-refractivity contribution in [3.05, 3.63) is 48.3 Å². The van der Waals surface area contributed by atoms with E-state index in [1.165, 1.54) is 0 Å². The minimum atomic E-state index is -0.228. The van der Waals surface area contributed by atoms with E-state index in [1.54, 1.807) is 23.0 Å². The zero-order valence-electron chi connectivity index (χ0n) is 11.7. The first kappa shape index (κ1) is 14.3. The average molecular weight is 273 g/mol. The molecule has 5 heteroatoms. The lowest BCUT2D eigenvalue weighted by Gasteiger charge is -2.19. The van der Waals surface area contributed by atoms with E-state index >= 15 is 0 Å². The number of hydrogen-bond donors (Lipinski definition) is 2. The van der Waals surface area contributed by atoms with Crippen LogP contribution in [0.5, 0.6) is 0 Å². The highest BCUT2D eigenvalue weighted by Crippen LogP contribution is 2.09. The molecule has 1 heterocycles. The number of carbonyl (C=O) groups excluding carboxylic acids is 1. The second-order valence-corrected chi connectivity index (χ2v) is 5.00. The summed E-state index contributed by atoms with van der Waals surface area (Å²) in [6.45, 7) is 3.86. The molecule has 0 fully saturated rings. The molecule has 2 N–H and O–H groups in total. The monoisotopic (exact) mass is 273 g/mol. The summed E-state index contributed by atoms with van der Waals surface area (Å²) < 4.78 is 1.73.